The van der Waals surface area contributed by atoms with E-state index in [-0.39, 0.29) is 0 Å². The Bertz CT molecular complexity index is 333. The molecule has 0 radical (unpaired) electrons. The third-order valence-electron chi connectivity index (χ3n) is 2.29. The van der Waals surface area contributed by atoms with Gasteiger partial charge in [-0.3, -0.25) is 0 Å². The first-order valence-electron chi connectivity index (χ1n) is 4.78. The molecule has 0 unspecified atom stereocenters. The van der Waals surface area contributed by atoms with E-state index in [0.29, 0.717) is 5.84 Å². The Balaban J connectivity index is 3.01. The predicted octanol–water partition coefficient (Wildman–Crippen LogP) is 1.57. The van der Waals surface area contributed by atoms with Gasteiger partial charge in [0.15, 0.2) is 0 Å². The average molecular weight is 297 g/mol. The van der Waals surface area contributed by atoms with Crippen molar-refractivity contribution < 1.29 is 0 Å². The zero-order valence-electron chi connectivity index (χ0n) is 9.33. The van der Waals surface area contributed by atoms with Crippen LogP contribution in [0.15, 0.2) is 29.3 Å². The van der Waals surface area contributed by atoms with E-state index < -0.39 is 18.4 Å². The third kappa shape index (κ3) is 2.74. The van der Waals surface area contributed by atoms with Crippen molar-refractivity contribution in [1.29, 1.82) is 0 Å². The molecule has 1 rings (SSSR count). The quantitative estimate of drug-likeness (QED) is 0.502. The van der Waals surface area contributed by atoms with E-state index in [4.69, 9.17) is 5.73 Å². The minimum atomic E-state index is -1.88. The van der Waals surface area contributed by atoms with Gasteiger partial charge in [-0.05, 0) is 0 Å². The van der Waals surface area contributed by atoms with Crippen LogP contribution in [-0.4, -0.2) is 31.3 Å². The van der Waals surface area contributed by atoms with E-state index in [1.165, 1.54) is 3.58 Å². The molecule has 1 aromatic carbocycles. The number of aliphatic imine (C=N–C) groups is 1. The van der Waals surface area contributed by atoms with E-state index in [2.05, 4.69) is 44.1 Å². The molecule has 0 aliphatic rings. The van der Waals surface area contributed by atoms with Gasteiger partial charge in [-0.25, -0.2) is 0 Å². The summed E-state index contributed by atoms with van der Waals surface area (Å²) in [6, 6.07) is 8.53. The first-order chi connectivity index (χ1) is 6.45. The van der Waals surface area contributed by atoms with Crippen LogP contribution in [0, 0.1) is 0 Å². The number of rotatable bonds is 2. The number of hydrogen-bond acceptors (Lipinski definition) is 1. The molecule has 2 N–H and O–H groups in total. The van der Waals surface area contributed by atoms with Gasteiger partial charge in [0.25, 0.3) is 0 Å². The van der Waals surface area contributed by atoms with Gasteiger partial charge in [0, 0.05) is 0 Å². The molecular weight excluding hydrogens is 279 g/mol. The van der Waals surface area contributed by atoms with Gasteiger partial charge < -0.3 is 0 Å². The molecule has 1 aromatic rings. The van der Waals surface area contributed by atoms with Crippen LogP contribution in [0.3, 0.4) is 0 Å². The van der Waals surface area contributed by atoms with Gasteiger partial charge >= 0.3 is 90.2 Å². The fourth-order valence-corrected chi connectivity index (χ4v) is 4.60. The van der Waals surface area contributed by atoms with Gasteiger partial charge in [-0.15, -0.1) is 0 Å². The Kier molecular flexibility index (Phi) is 3.58. The van der Waals surface area contributed by atoms with Crippen molar-refractivity contribution in [3.63, 3.8) is 0 Å². The van der Waals surface area contributed by atoms with Gasteiger partial charge in [0.1, 0.15) is 0 Å². The van der Waals surface area contributed by atoms with Crippen molar-refractivity contribution in [2.45, 2.75) is 14.8 Å². The first kappa shape index (κ1) is 11.6. The molecule has 0 aliphatic carbocycles. The summed E-state index contributed by atoms with van der Waals surface area (Å²) in [5, 5.41) is 0. The van der Waals surface area contributed by atoms with Crippen molar-refractivity contribution in [1.82, 2.24) is 0 Å². The van der Waals surface area contributed by atoms with Crippen LogP contribution >= 0.6 is 0 Å². The molecule has 0 saturated heterocycles. The van der Waals surface area contributed by atoms with Crippen molar-refractivity contribution in [2.75, 3.05) is 7.05 Å². The molecule has 3 heteroatoms. The molecule has 0 aromatic heterocycles. The monoisotopic (exact) mass is 298 g/mol. The summed E-state index contributed by atoms with van der Waals surface area (Å²) in [6.07, 6.45) is 0. The fraction of sp³-hybridized carbons (Fsp3) is 0.364. The standard InChI is InChI=1S/C8H9N2.3CH3.Sn/c1-10-8(9)7-5-3-2-4-6-7;;;;/h3-6H,1H3,(H2,9,10);3*1H3;. The Morgan fingerprint density at radius 1 is 1.14 bits per heavy atom. The molecule has 14 heavy (non-hydrogen) atoms. The topological polar surface area (TPSA) is 38.4 Å². The fourth-order valence-electron chi connectivity index (χ4n) is 1.27. The second kappa shape index (κ2) is 4.34. The van der Waals surface area contributed by atoms with Gasteiger partial charge in [0.05, 0.1) is 0 Å². The average Bonchev–Trinajstić information content (AvgIpc) is 2.15. The SMILES string of the molecule is CN=C(N)c1cc[c]([Sn]([CH3])([CH3])[CH3])cc1. The summed E-state index contributed by atoms with van der Waals surface area (Å²) < 4.78 is 1.52. The van der Waals surface area contributed by atoms with E-state index in [1.54, 1.807) is 7.05 Å². The molecule has 76 valence electrons. The number of nitrogens with zero attached hydrogens (tertiary/aromatic N) is 1. The van der Waals surface area contributed by atoms with Crippen LogP contribution in [0.1, 0.15) is 5.56 Å². The van der Waals surface area contributed by atoms with E-state index >= 15 is 0 Å². The summed E-state index contributed by atoms with van der Waals surface area (Å²) in [7, 11) is 1.71. The predicted molar refractivity (Wildman–Crippen MR) is 66.1 cm³/mol. The van der Waals surface area contributed by atoms with Crippen LogP contribution in [0.4, 0.5) is 0 Å². The molecular formula is C11H18N2Sn. The summed E-state index contributed by atoms with van der Waals surface area (Å²) in [5.74, 6) is 0.612. The van der Waals surface area contributed by atoms with Crippen LogP contribution in [0.2, 0.25) is 14.8 Å². The minimum absolute atomic E-state index is 0.612. The van der Waals surface area contributed by atoms with Crippen molar-refractivity contribution in [3.8, 4) is 0 Å². The zero-order chi connectivity index (χ0) is 10.8. The number of hydrogen-bond donors (Lipinski definition) is 1. The number of benzene rings is 1. The van der Waals surface area contributed by atoms with Crippen LogP contribution < -0.4 is 9.31 Å². The van der Waals surface area contributed by atoms with E-state index in [9.17, 15) is 0 Å². The van der Waals surface area contributed by atoms with Crippen LogP contribution in [0.25, 0.3) is 0 Å². The van der Waals surface area contributed by atoms with Gasteiger partial charge in [-0.1, -0.05) is 0 Å². The van der Waals surface area contributed by atoms with Crippen molar-refractivity contribution >= 4 is 27.8 Å². The van der Waals surface area contributed by atoms with E-state index in [0.717, 1.165) is 5.56 Å². The Morgan fingerprint density at radius 2 is 1.64 bits per heavy atom. The molecule has 0 atom stereocenters. The van der Waals surface area contributed by atoms with Gasteiger partial charge in [0.2, 0.25) is 0 Å². The summed E-state index contributed by atoms with van der Waals surface area (Å²) in [4.78, 5) is 11.2. The second-order valence-corrected chi connectivity index (χ2v) is 18.9. The molecule has 0 saturated carbocycles. The molecule has 0 bridgehead atoms. The van der Waals surface area contributed by atoms with E-state index in [1.807, 2.05) is 0 Å². The van der Waals surface area contributed by atoms with Crippen LogP contribution in [0.5, 0.6) is 0 Å². The third-order valence-corrected chi connectivity index (χ3v) is 8.18. The summed E-state index contributed by atoms with van der Waals surface area (Å²) in [5.41, 5.74) is 6.74. The molecule has 0 amide bonds. The Labute approximate surface area is 90.1 Å². The van der Waals surface area contributed by atoms with Crippen molar-refractivity contribution in [2.24, 2.45) is 10.7 Å². The van der Waals surface area contributed by atoms with Crippen molar-refractivity contribution in [3.05, 3.63) is 29.8 Å². The summed E-state index contributed by atoms with van der Waals surface area (Å²) in [6.45, 7) is 0. The summed E-state index contributed by atoms with van der Waals surface area (Å²) >= 11 is -1.88. The van der Waals surface area contributed by atoms with Crippen LogP contribution in [-0.2, 0) is 0 Å². The Hall–Kier alpha value is -0.511. The maximum atomic E-state index is 5.72. The van der Waals surface area contributed by atoms with Gasteiger partial charge in [-0.2, -0.15) is 0 Å². The molecule has 0 heterocycles. The molecule has 2 nitrogen and oxygen atoms in total. The molecule has 0 aliphatic heterocycles. The second-order valence-electron chi connectivity index (χ2n) is 4.44. The maximum absolute atomic E-state index is 5.72. The first-order valence-corrected chi connectivity index (χ1v) is 14.8. The number of nitrogens with two attached hydrogens (primary N) is 1. The Morgan fingerprint density at radius 3 is 2.00 bits per heavy atom. The normalized spacial score (nSPS) is 13.0. The molecule has 0 fully saturated rings. The number of amidine groups is 1. The zero-order valence-corrected chi connectivity index (χ0v) is 12.2. The molecule has 0 spiro atoms.